The quantitative estimate of drug-likeness (QED) is 0.928. The summed E-state index contributed by atoms with van der Waals surface area (Å²) in [6, 6.07) is 9.09. The molecule has 0 spiro atoms. The van der Waals surface area contributed by atoms with E-state index in [0.717, 1.165) is 19.4 Å². The summed E-state index contributed by atoms with van der Waals surface area (Å²) in [5.41, 5.74) is 3.65. The van der Waals surface area contributed by atoms with Crippen LogP contribution in [0.3, 0.4) is 0 Å². The Morgan fingerprint density at radius 1 is 1.24 bits per heavy atom. The second kappa shape index (κ2) is 7.13. The fourth-order valence-corrected chi connectivity index (χ4v) is 3.33. The summed E-state index contributed by atoms with van der Waals surface area (Å²) in [6.45, 7) is 6.62. The second-order valence-corrected chi connectivity index (χ2v) is 6.71. The van der Waals surface area contributed by atoms with Gasteiger partial charge in [0, 0.05) is 6.54 Å². The van der Waals surface area contributed by atoms with Crippen molar-refractivity contribution < 1.29 is 14.0 Å². The van der Waals surface area contributed by atoms with Crippen molar-refractivity contribution in [1.29, 1.82) is 0 Å². The predicted octanol–water partition coefficient (Wildman–Crippen LogP) is 3.38. The van der Waals surface area contributed by atoms with Gasteiger partial charge in [0.05, 0.1) is 12.3 Å². The van der Waals surface area contributed by atoms with E-state index in [9.17, 15) is 9.59 Å². The molecule has 5 nitrogen and oxygen atoms in total. The molecule has 2 amide bonds. The molecular formula is C20H24N2O3. The summed E-state index contributed by atoms with van der Waals surface area (Å²) in [6.07, 6.45) is 3.37. The molecule has 0 bridgehead atoms. The highest BCUT2D eigenvalue weighted by Gasteiger charge is 2.33. The highest BCUT2D eigenvalue weighted by atomic mass is 16.3. The normalized spacial score (nSPS) is 18.2. The highest BCUT2D eigenvalue weighted by molar-refractivity contribution is 5.95. The Balaban J connectivity index is 1.71. The number of carbonyl (C=O) groups is 2. The molecule has 5 heteroatoms. The van der Waals surface area contributed by atoms with Crippen LogP contribution >= 0.6 is 0 Å². The van der Waals surface area contributed by atoms with Gasteiger partial charge in [-0.3, -0.25) is 9.59 Å². The van der Waals surface area contributed by atoms with Crippen molar-refractivity contribution in [2.24, 2.45) is 0 Å². The van der Waals surface area contributed by atoms with Gasteiger partial charge in [-0.1, -0.05) is 18.2 Å². The second-order valence-electron chi connectivity index (χ2n) is 6.71. The van der Waals surface area contributed by atoms with Gasteiger partial charge in [0.15, 0.2) is 5.76 Å². The van der Waals surface area contributed by atoms with E-state index >= 15 is 0 Å². The van der Waals surface area contributed by atoms with Crippen LogP contribution in [0.4, 0.5) is 0 Å². The average Bonchev–Trinajstić information content (AvgIpc) is 3.28. The molecule has 0 aliphatic carbocycles. The van der Waals surface area contributed by atoms with E-state index in [4.69, 9.17) is 4.42 Å². The van der Waals surface area contributed by atoms with Gasteiger partial charge in [0.1, 0.15) is 6.04 Å². The maximum atomic E-state index is 12.9. The van der Waals surface area contributed by atoms with Crippen LogP contribution in [0.2, 0.25) is 0 Å². The molecule has 3 rings (SSSR count). The smallest absolute Gasteiger partial charge is 0.287 e. The summed E-state index contributed by atoms with van der Waals surface area (Å²) in [5.74, 6) is -0.208. The third kappa shape index (κ3) is 3.60. The average molecular weight is 340 g/mol. The van der Waals surface area contributed by atoms with Crippen LogP contribution in [0.25, 0.3) is 0 Å². The number of hydrogen-bond donors (Lipinski definition) is 1. The Morgan fingerprint density at radius 3 is 2.72 bits per heavy atom. The minimum atomic E-state index is -0.593. The van der Waals surface area contributed by atoms with Crippen LogP contribution in [0, 0.1) is 13.8 Å². The molecule has 132 valence electrons. The molecule has 0 radical (unpaired) electrons. The largest absolute Gasteiger partial charge is 0.459 e. The van der Waals surface area contributed by atoms with Gasteiger partial charge in [-0.25, -0.2) is 0 Å². The number of furan rings is 1. The van der Waals surface area contributed by atoms with E-state index in [-0.39, 0.29) is 23.6 Å². The zero-order valence-corrected chi connectivity index (χ0v) is 14.9. The predicted molar refractivity (Wildman–Crippen MR) is 95.2 cm³/mol. The topological polar surface area (TPSA) is 62.6 Å². The molecule has 2 heterocycles. The molecule has 2 atom stereocenters. The fraction of sp³-hybridized carbons (Fsp3) is 0.400. The standard InChI is InChI=1S/C20H24N2O3/c1-13-8-9-16(12-14(13)2)17-6-4-10-22(17)20(24)15(3)21-19(23)18-7-5-11-25-18/h5,7-9,11-12,15,17H,4,6,10H2,1-3H3,(H,21,23)/t15-,17+/m1/s1. The van der Waals surface area contributed by atoms with Crippen LogP contribution in [0.5, 0.6) is 0 Å². The molecule has 25 heavy (non-hydrogen) atoms. The Morgan fingerprint density at radius 2 is 2.04 bits per heavy atom. The third-order valence-electron chi connectivity index (χ3n) is 4.91. The summed E-state index contributed by atoms with van der Waals surface area (Å²) in [4.78, 5) is 26.8. The van der Waals surface area contributed by atoms with E-state index < -0.39 is 6.04 Å². The van der Waals surface area contributed by atoms with E-state index in [1.165, 1.54) is 23.0 Å². The molecule has 1 fully saturated rings. The molecule has 0 unspecified atom stereocenters. The number of rotatable bonds is 4. The van der Waals surface area contributed by atoms with Crippen molar-refractivity contribution in [3.63, 3.8) is 0 Å². The van der Waals surface area contributed by atoms with Crippen LogP contribution in [0.1, 0.15) is 53.1 Å². The van der Waals surface area contributed by atoms with Crippen LogP contribution < -0.4 is 5.32 Å². The number of nitrogens with one attached hydrogen (secondary N) is 1. The number of nitrogens with zero attached hydrogens (tertiary/aromatic N) is 1. The van der Waals surface area contributed by atoms with Gasteiger partial charge in [-0.2, -0.15) is 0 Å². The Hall–Kier alpha value is -2.56. The molecule has 1 N–H and O–H groups in total. The van der Waals surface area contributed by atoms with Crippen LogP contribution in [0.15, 0.2) is 41.0 Å². The molecule has 1 aliphatic heterocycles. The van der Waals surface area contributed by atoms with E-state index in [1.807, 2.05) is 4.90 Å². The molecule has 0 saturated carbocycles. The minimum absolute atomic E-state index is 0.0550. The number of benzene rings is 1. The van der Waals surface area contributed by atoms with Gasteiger partial charge in [0.25, 0.3) is 5.91 Å². The number of carbonyl (C=O) groups excluding carboxylic acids is 2. The zero-order valence-electron chi connectivity index (χ0n) is 14.9. The number of aryl methyl sites for hydroxylation is 2. The van der Waals surface area contributed by atoms with Crippen LogP contribution in [-0.2, 0) is 4.79 Å². The summed E-state index contributed by atoms with van der Waals surface area (Å²) in [7, 11) is 0. The first kappa shape index (κ1) is 17.3. The van der Waals surface area contributed by atoms with Crippen molar-refractivity contribution in [3.8, 4) is 0 Å². The maximum Gasteiger partial charge on any atom is 0.287 e. The molecule has 1 aromatic heterocycles. The minimum Gasteiger partial charge on any atom is -0.459 e. The monoisotopic (exact) mass is 340 g/mol. The number of hydrogen-bond acceptors (Lipinski definition) is 3. The van der Waals surface area contributed by atoms with Gasteiger partial charge in [-0.05, 0) is 62.4 Å². The SMILES string of the molecule is Cc1ccc([C@@H]2CCCN2C(=O)[C@@H](C)NC(=O)c2ccco2)cc1C. The van der Waals surface area contributed by atoms with Gasteiger partial charge in [0.2, 0.25) is 5.91 Å². The van der Waals surface area contributed by atoms with Crippen molar-refractivity contribution in [2.45, 2.75) is 45.7 Å². The Bertz CT molecular complexity index is 767. The molecule has 2 aromatic rings. The first-order chi connectivity index (χ1) is 12.0. The summed E-state index contributed by atoms with van der Waals surface area (Å²) in [5, 5.41) is 2.73. The van der Waals surface area contributed by atoms with Crippen molar-refractivity contribution in [2.75, 3.05) is 6.54 Å². The van der Waals surface area contributed by atoms with Crippen molar-refractivity contribution >= 4 is 11.8 Å². The molecular weight excluding hydrogens is 316 g/mol. The van der Waals surface area contributed by atoms with Crippen molar-refractivity contribution in [1.82, 2.24) is 10.2 Å². The summed E-state index contributed by atoms with van der Waals surface area (Å²) >= 11 is 0. The zero-order chi connectivity index (χ0) is 18.0. The Kier molecular flexibility index (Phi) is 4.93. The maximum absolute atomic E-state index is 12.9. The van der Waals surface area contributed by atoms with E-state index in [0.29, 0.717) is 0 Å². The first-order valence-electron chi connectivity index (χ1n) is 8.69. The lowest BCUT2D eigenvalue weighted by Crippen LogP contribution is -2.46. The number of amides is 2. The first-order valence-corrected chi connectivity index (χ1v) is 8.69. The molecule has 1 aliphatic rings. The molecule has 1 aromatic carbocycles. The highest BCUT2D eigenvalue weighted by Crippen LogP contribution is 2.33. The van der Waals surface area contributed by atoms with E-state index in [1.54, 1.807) is 19.1 Å². The third-order valence-corrected chi connectivity index (χ3v) is 4.91. The van der Waals surface area contributed by atoms with Crippen LogP contribution in [-0.4, -0.2) is 29.3 Å². The van der Waals surface area contributed by atoms with E-state index in [2.05, 4.69) is 37.4 Å². The lowest BCUT2D eigenvalue weighted by atomic mass is 9.99. The lowest BCUT2D eigenvalue weighted by Gasteiger charge is -2.28. The fourth-order valence-electron chi connectivity index (χ4n) is 3.33. The summed E-state index contributed by atoms with van der Waals surface area (Å²) < 4.78 is 5.08. The van der Waals surface area contributed by atoms with Gasteiger partial charge >= 0.3 is 0 Å². The van der Waals surface area contributed by atoms with Gasteiger partial charge < -0.3 is 14.6 Å². The van der Waals surface area contributed by atoms with Gasteiger partial charge in [-0.15, -0.1) is 0 Å². The van der Waals surface area contributed by atoms with Crippen molar-refractivity contribution in [3.05, 3.63) is 59.0 Å². The lowest BCUT2D eigenvalue weighted by molar-refractivity contribution is -0.133. The molecule has 1 saturated heterocycles. The number of likely N-dealkylation sites (tertiary alicyclic amines) is 1. The Labute approximate surface area is 148 Å².